The Kier molecular flexibility index (Phi) is 10.3. The molecule has 0 aliphatic carbocycles. The van der Waals surface area contributed by atoms with Crippen LogP contribution in [0.2, 0.25) is 10.0 Å². The van der Waals surface area contributed by atoms with Gasteiger partial charge < -0.3 is 18.9 Å². The average molecular weight is 613 g/mol. The molecule has 1 heterocycles. The molecule has 220 valence electrons. The van der Waals surface area contributed by atoms with Crippen LogP contribution in [0.5, 0.6) is 23.0 Å². The molecule has 0 bridgehead atoms. The number of nitrogens with one attached hydrogen (secondary N) is 1. The van der Waals surface area contributed by atoms with Crippen molar-refractivity contribution >= 4 is 47.1 Å². The summed E-state index contributed by atoms with van der Waals surface area (Å²) in [4.78, 5) is 39.7. The quantitative estimate of drug-likeness (QED) is 0.186. The molecule has 1 aliphatic rings. The topological polar surface area (TPSA) is 103 Å². The number of nitrogens with zero attached hydrogens (tertiary/aromatic N) is 1. The number of methoxy groups -OCH3 is 1. The van der Waals surface area contributed by atoms with E-state index in [0.29, 0.717) is 46.6 Å². The van der Waals surface area contributed by atoms with Crippen molar-refractivity contribution in [2.24, 2.45) is 0 Å². The molecule has 3 aromatic carbocycles. The first-order valence-electron chi connectivity index (χ1n) is 13.3. The first-order chi connectivity index (χ1) is 20.2. The standard InChI is InChI=1S/C31H30Cl2N2O7/c1-4-11-41-25-10-9-19(15-26(25)40-5-2)17-35-30(37)23(29(36)34-31(35)38)13-21-14-24(33)28(27(16-21)39-3)42-18-20-7-6-8-22(32)12-20/h6-10,12-16H,4-5,11,17-18H2,1-3H3,(H,34,36,38)/b23-13+. The molecule has 1 saturated heterocycles. The molecule has 9 nitrogen and oxygen atoms in total. The minimum absolute atomic E-state index is 0.0935. The number of barbiturate groups is 1. The largest absolute Gasteiger partial charge is 0.493 e. The molecule has 42 heavy (non-hydrogen) atoms. The second kappa shape index (κ2) is 14.1. The van der Waals surface area contributed by atoms with Crippen molar-refractivity contribution in [3.05, 3.63) is 86.9 Å². The van der Waals surface area contributed by atoms with Crippen LogP contribution in [-0.2, 0) is 22.7 Å². The summed E-state index contributed by atoms with van der Waals surface area (Å²) in [6.07, 6.45) is 2.17. The predicted molar refractivity (Wildman–Crippen MR) is 159 cm³/mol. The van der Waals surface area contributed by atoms with Gasteiger partial charge in [0.25, 0.3) is 11.8 Å². The molecule has 4 rings (SSSR count). The molecule has 1 N–H and O–H groups in total. The van der Waals surface area contributed by atoms with Gasteiger partial charge in [0, 0.05) is 5.02 Å². The SMILES string of the molecule is CCCOc1ccc(CN2C(=O)NC(=O)/C(=C\c3cc(Cl)c(OCc4cccc(Cl)c4)c(OC)c3)C2=O)cc1OCC. The second-order valence-corrected chi connectivity index (χ2v) is 10.1. The van der Waals surface area contributed by atoms with Crippen LogP contribution < -0.4 is 24.3 Å². The van der Waals surface area contributed by atoms with Gasteiger partial charge in [0.1, 0.15) is 12.2 Å². The minimum Gasteiger partial charge on any atom is -0.493 e. The van der Waals surface area contributed by atoms with Crippen molar-refractivity contribution in [1.29, 1.82) is 0 Å². The summed E-state index contributed by atoms with van der Waals surface area (Å²) in [7, 11) is 1.45. The summed E-state index contributed by atoms with van der Waals surface area (Å²) in [6.45, 7) is 4.87. The Hall–Kier alpha value is -4.21. The Morgan fingerprint density at radius 2 is 1.69 bits per heavy atom. The summed E-state index contributed by atoms with van der Waals surface area (Å²) < 4.78 is 22.8. The lowest BCUT2D eigenvalue weighted by molar-refractivity contribution is -0.130. The number of amides is 4. The van der Waals surface area contributed by atoms with E-state index in [1.165, 1.54) is 19.3 Å². The number of ether oxygens (including phenoxy) is 4. The molecule has 1 fully saturated rings. The maximum Gasteiger partial charge on any atom is 0.331 e. The third-order valence-corrected chi connectivity index (χ3v) is 6.65. The van der Waals surface area contributed by atoms with Crippen molar-refractivity contribution in [2.45, 2.75) is 33.4 Å². The number of benzene rings is 3. The molecular weight excluding hydrogens is 583 g/mol. The van der Waals surface area contributed by atoms with Crippen molar-refractivity contribution in [3.63, 3.8) is 0 Å². The zero-order valence-electron chi connectivity index (χ0n) is 23.4. The van der Waals surface area contributed by atoms with Crippen LogP contribution in [0.1, 0.15) is 37.0 Å². The molecule has 0 aromatic heterocycles. The van der Waals surface area contributed by atoms with Gasteiger partial charge in [0.15, 0.2) is 23.0 Å². The maximum atomic E-state index is 13.4. The fraction of sp³-hybridized carbons (Fsp3) is 0.258. The number of halogens is 2. The summed E-state index contributed by atoms with van der Waals surface area (Å²) >= 11 is 12.6. The molecule has 0 spiro atoms. The fourth-order valence-corrected chi connectivity index (χ4v) is 4.67. The van der Waals surface area contributed by atoms with Gasteiger partial charge in [-0.05, 0) is 72.5 Å². The highest BCUT2D eigenvalue weighted by Gasteiger charge is 2.36. The number of rotatable bonds is 12. The number of hydrogen-bond acceptors (Lipinski definition) is 7. The third-order valence-electron chi connectivity index (χ3n) is 6.13. The maximum absolute atomic E-state index is 13.4. The Bertz CT molecular complexity index is 1520. The normalized spacial score (nSPS) is 14.2. The molecule has 4 amide bonds. The van der Waals surface area contributed by atoms with E-state index < -0.39 is 17.8 Å². The van der Waals surface area contributed by atoms with E-state index in [-0.39, 0.29) is 29.5 Å². The van der Waals surface area contributed by atoms with E-state index in [1.807, 2.05) is 26.0 Å². The third kappa shape index (κ3) is 7.35. The van der Waals surface area contributed by atoms with Crippen molar-refractivity contribution in [2.75, 3.05) is 20.3 Å². The summed E-state index contributed by atoms with van der Waals surface area (Å²) in [5.41, 5.74) is 1.60. The Balaban J connectivity index is 1.57. The van der Waals surface area contributed by atoms with E-state index in [9.17, 15) is 14.4 Å². The van der Waals surface area contributed by atoms with Gasteiger partial charge in [-0.2, -0.15) is 0 Å². The minimum atomic E-state index is -0.827. The van der Waals surface area contributed by atoms with Crippen LogP contribution in [0.15, 0.2) is 60.2 Å². The van der Waals surface area contributed by atoms with Crippen LogP contribution in [-0.4, -0.2) is 43.1 Å². The van der Waals surface area contributed by atoms with Gasteiger partial charge in [-0.1, -0.05) is 48.3 Å². The lowest BCUT2D eigenvalue weighted by Gasteiger charge is -2.26. The summed E-state index contributed by atoms with van der Waals surface area (Å²) in [6, 6.07) is 14.7. The van der Waals surface area contributed by atoms with Crippen molar-refractivity contribution in [1.82, 2.24) is 10.2 Å². The van der Waals surface area contributed by atoms with Crippen LogP contribution in [0.3, 0.4) is 0 Å². The highest BCUT2D eigenvalue weighted by atomic mass is 35.5. The highest BCUT2D eigenvalue weighted by molar-refractivity contribution is 6.33. The van der Waals surface area contributed by atoms with Crippen LogP contribution in [0.25, 0.3) is 6.08 Å². The van der Waals surface area contributed by atoms with Gasteiger partial charge in [0.05, 0.1) is 31.9 Å². The zero-order valence-corrected chi connectivity index (χ0v) is 24.9. The number of imide groups is 2. The lowest BCUT2D eigenvalue weighted by atomic mass is 10.1. The van der Waals surface area contributed by atoms with Gasteiger partial charge >= 0.3 is 6.03 Å². The number of carbonyl (C=O) groups is 3. The molecule has 0 unspecified atom stereocenters. The smallest absolute Gasteiger partial charge is 0.331 e. The molecule has 1 aliphatic heterocycles. The second-order valence-electron chi connectivity index (χ2n) is 9.22. The zero-order chi connectivity index (χ0) is 30.2. The molecule has 0 saturated carbocycles. The number of hydrogen-bond donors (Lipinski definition) is 1. The van der Waals surface area contributed by atoms with Crippen molar-refractivity contribution < 1.29 is 33.3 Å². The molecule has 0 radical (unpaired) electrons. The van der Waals surface area contributed by atoms with Crippen molar-refractivity contribution in [3.8, 4) is 23.0 Å². The van der Waals surface area contributed by atoms with Crippen LogP contribution in [0, 0.1) is 0 Å². The van der Waals surface area contributed by atoms with Crippen LogP contribution >= 0.6 is 23.2 Å². The van der Waals surface area contributed by atoms with E-state index in [4.69, 9.17) is 42.1 Å². The Morgan fingerprint density at radius 1 is 0.881 bits per heavy atom. The Labute approximate surface area is 253 Å². The van der Waals surface area contributed by atoms with E-state index in [1.54, 1.807) is 36.4 Å². The highest BCUT2D eigenvalue weighted by Crippen LogP contribution is 2.38. The first-order valence-corrected chi connectivity index (χ1v) is 14.0. The molecule has 3 aromatic rings. The predicted octanol–water partition coefficient (Wildman–Crippen LogP) is 6.43. The number of urea groups is 1. The van der Waals surface area contributed by atoms with E-state index in [2.05, 4.69) is 5.32 Å². The van der Waals surface area contributed by atoms with Gasteiger partial charge in [-0.15, -0.1) is 0 Å². The van der Waals surface area contributed by atoms with E-state index in [0.717, 1.165) is 16.9 Å². The van der Waals surface area contributed by atoms with Gasteiger partial charge in [0.2, 0.25) is 0 Å². The summed E-state index contributed by atoms with van der Waals surface area (Å²) in [5, 5.41) is 3.01. The summed E-state index contributed by atoms with van der Waals surface area (Å²) in [5.74, 6) is 0.0640. The Morgan fingerprint density at radius 3 is 2.40 bits per heavy atom. The number of carbonyl (C=O) groups excluding carboxylic acids is 3. The lowest BCUT2D eigenvalue weighted by Crippen LogP contribution is -2.53. The molecule has 0 atom stereocenters. The fourth-order valence-electron chi connectivity index (χ4n) is 4.18. The van der Waals surface area contributed by atoms with E-state index >= 15 is 0 Å². The average Bonchev–Trinajstić information content (AvgIpc) is 2.96. The first kappa shape index (κ1) is 30.7. The molecule has 11 heteroatoms. The van der Waals surface area contributed by atoms with Crippen LogP contribution in [0.4, 0.5) is 4.79 Å². The van der Waals surface area contributed by atoms with Gasteiger partial charge in [-0.3, -0.25) is 19.8 Å². The molecular formula is C31H30Cl2N2O7. The monoisotopic (exact) mass is 612 g/mol. The van der Waals surface area contributed by atoms with Gasteiger partial charge in [-0.25, -0.2) is 4.79 Å².